The first-order valence-corrected chi connectivity index (χ1v) is 9.97. The standard InChI is InChI=1S/C24H19ClN4O2/c25-20-11-9-17(10-12-20)16-31-21-8-4-5-18(13-21)15-26-29-24-27-22(14-23(30)28-24)19-6-2-1-3-7-19/h1-15H,16H2,(H2,27,28,29,30)/b26-15-. The first-order chi connectivity index (χ1) is 15.2. The van der Waals surface area contributed by atoms with Gasteiger partial charge >= 0.3 is 0 Å². The third-order valence-electron chi connectivity index (χ3n) is 4.37. The number of anilines is 1. The van der Waals surface area contributed by atoms with Crippen LogP contribution in [0.1, 0.15) is 11.1 Å². The number of H-pyrrole nitrogens is 1. The molecular formula is C24H19ClN4O2. The first kappa shape index (κ1) is 20.4. The minimum atomic E-state index is -0.260. The van der Waals surface area contributed by atoms with Gasteiger partial charge in [-0.25, -0.2) is 10.4 Å². The molecule has 0 saturated heterocycles. The highest BCUT2D eigenvalue weighted by molar-refractivity contribution is 6.30. The molecule has 0 bridgehead atoms. The van der Waals surface area contributed by atoms with Crippen LogP contribution in [0.4, 0.5) is 5.95 Å². The van der Waals surface area contributed by atoms with Gasteiger partial charge in [-0.05, 0) is 35.4 Å². The lowest BCUT2D eigenvalue weighted by Crippen LogP contribution is -2.10. The normalized spacial score (nSPS) is 10.9. The quantitative estimate of drug-likeness (QED) is 0.315. The summed E-state index contributed by atoms with van der Waals surface area (Å²) in [6.07, 6.45) is 1.63. The van der Waals surface area contributed by atoms with Crippen molar-refractivity contribution in [3.8, 4) is 17.0 Å². The Morgan fingerprint density at radius 1 is 1.00 bits per heavy atom. The van der Waals surface area contributed by atoms with Crippen LogP contribution in [-0.4, -0.2) is 16.2 Å². The van der Waals surface area contributed by atoms with E-state index in [1.54, 1.807) is 6.21 Å². The van der Waals surface area contributed by atoms with Crippen LogP contribution < -0.4 is 15.7 Å². The second kappa shape index (κ2) is 9.73. The van der Waals surface area contributed by atoms with Gasteiger partial charge in [0.05, 0.1) is 11.9 Å². The van der Waals surface area contributed by atoms with Crippen molar-refractivity contribution >= 4 is 23.8 Å². The highest BCUT2D eigenvalue weighted by Gasteiger charge is 2.03. The molecule has 4 aromatic rings. The number of nitrogens with one attached hydrogen (secondary N) is 2. The van der Waals surface area contributed by atoms with E-state index in [1.807, 2.05) is 78.9 Å². The molecule has 2 N–H and O–H groups in total. The van der Waals surface area contributed by atoms with E-state index in [0.29, 0.717) is 17.3 Å². The second-order valence-corrected chi connectivity index (χ2v) is 7.14. The van der Waals surface area contributed by atoms with E-state index in [1.165, 1.54) is 6.07 Å². The Kier molecular flexibility index (Phi) is 6.40. The number of hydrogen-bond donors (Lipinski definition) is 2. The number of hydrogen-bond acceptors (Lipinski definition) is 5. The van der Waals surface area contributed by atoms with Crippen molar-refractivity contribution in [2.75, 3.05) is 5.43 Å². The molecular weight excluding hydrogens is 412 g/mol. The fourth-order valence-corrected chi connectivity index (χ4v) is 2.99. The molecule has 31 heavy (non-hydrogen) atoms. The zero-order chi connectivity index (χ0) is 21.5. The molecule has 0 radical (unpaired) electrons. The highest BCUT2D eigenvalue weighted by atomic mass is 35.5. The number of rotatable bonds is 7. The Labute approximate surface area is 184 Å². The van der Waals surface area contributed by atoms with Crippen LogP contribution in [0.5, 0.6) is 5.75 Å². The minimum absolute atomic E-state index is 0.260. The molecule has 0 aliphatic carbocycles. The van der Waals surface area contributed by atoms with Gasteiger partial charge < -0.3 is 4.74 Å². The van der Waals surface area contributed by atoms with E-state index in [4.69, 9.17) is 16.3 Å². The third kappa shape index (κ3) is 5.81. The maximum atomic E-state index is 12.0. The maximum Gasteiger partial charge on any atom is 0.252 e. The van der Waals surface area contributed by atoms with Gasteiger partial charge in [-0.3, -0.25) is 9.78 Å². The van der Waals surface area contributed by atoms with Gasteiger partial charge in [0.2, 0.25) is 5.95 Å². The van der Waals surface area contributed by atoms with Crippen LogP contribution in [0, 0.1) is 0 Å². The van der Waals surface area contributed by atoms with Crippen LogP contribution in [0.3, 0.4) is 0 Å². The predicted molar refractivity (Wildman–Crippen MR) is 124 cm³/mol. The number of aromatic nitrogens is 2. The van der Waals surface area contributed by atoms with Gasteiger partial charge in [0.15, 0.2) is 0 Å². The summed E-state index contributed by atoms with van der Waals surface area (Å²) >= 11 is 5.91. The average molecular weight is 431 g/mol. The van der Waals surface area contributed by atoms with E-state index in [9.17, 15) is 4.79 Å². The van der Waals surface area contributed by atoms with Crippen molar-refractivity contribution in [2.45, 2.75) is 6.61 Å². The summed E-state index contributed by atoms with van der Waals surface area (Å²) in [7, 11) is 0. The van der Waals surface area contributed by atoms with E-state index < -0.39 is 0 Å². The van der Waals surface area contributed by atoms with Crippen molar-refractivity contribution in [3.63, 3.8) is 0 Å². The van der Waals surface area contributed by atoms with Crippen molar-refractivity contribution in [3.05, 3.63) is 111 Å². The largest absolute Gasteiger partial charge is 0.489 e. The third-order valence-corrected chi connectivity index (χ3v) is 4.62. The molecule has 6 nitrogen and oxygen atoms in total. The summed E-state index contributed by atoms with van der Waals surface area (Å²) in [5, 5.41) is 4.87. The smallest absolute Gasteiger partial charge is 0.252 e. The summed E-state index contributed by atoms with van der Waals surface area (Å²) in [6.45, 7) is 0.438. The van der Waals surface area contributed by atoms with E-state index in [2.05, 4.69) is 20.5 Å². The summed E-state index contributed by atoms with van der Waals surface area (Å²) in [5.74, 6) is 0.981. The lowest BCUT2D eigenvalue weighted by molar-refractivity contribution is 0.306. The molecule has 0 unspecified atom stereocenters. The highest BCUT2D eigenvalue weighted by Crippen LogP contribution is 2.17. The fourth-order valence-electron chi connectivity index (χ4n) is 2.87. The summed E-state index contributed by atoms with van der Waals surface area (Å²) in [5.41, 5.74) is 5.80. The lowest BCUT2D eigenvalue weighted by Gasteiger charge is -2.07. The molecule has 154 valence electrons. The zero-order valence-electron chi connectivity index (χ0n) is 16.5. The number of hydrazone groups is 1. The fraction of sp³-hybridized carbons (Fsp3) is 0.0417. The Morgan fingerprint density at radius 3 is 2.61 bits per heavy atom. The van der Waals surface area contributed by atoms with E-state index >= 15 is 0 Å². The van der Waals surface area contributed by atoms with Gasteiger partial charge in [0, 0.05) is 16.7 Å². The van der Waals surface area contributed by atoms with E-state index in [0.717, 1.165) is 22.4 Å². The SMILES string of the molecule is O=c1cc(-c2ccccc2)nc(N/N=C\c2cccc(OCc3ccc(Cl)cc3)c2)[nH]1. The van der Waals surface area contributed by atoms with Crippen LogP contribution in [0.2, 0.25) is 5.02 Å². The van der Waals surface area contributed by atoms with Gasteiger partial charge in [0.1, 0.15) is 12.4 Å². The van der Waals surface area contributed by atoms with Crippen molar-refractivity contribution in [1.82, 2.24) is 9.97 Å². The predicted octanol–water partition coefficient (Wildman–Crippen LogP) is 5.12. The summed E-state index contributed by atoms with van der Waals surface area (Å²) < 4.78 is 5.83. The molecule has 0 fully saturated rings. The Balaban J connectivity index is 1.41. The van der Waals surface area contributed by atoms with Crippen LogP contribution >= 0.6 is 11.6 Å². The topological polar surface area (TPSA) is 79.4 Å². The molecule has 0 spiro atoms. The molecule has 0 aliphatic heterocycles. The van der Waals surface area contributed by atoms with Crippen molar-refractivity contribution in [2.24, 2.45) is 5.10 Å². The lowest BCUT2D eigenvalue weighted by atomic mass is 10.1. The average Bonchev–Trinajstić information content (AvgIpc) is 2.79. The molecule has 0 saturated carbocycles. The Bertz CT molecular complexity index is 1240. The van der Waals surface area contributed by atoms with Crippen LogP contribution in [0.15, 0.2) is 94.8 Å². The van der Waals surface area contributed by atoms with Gasteiger partial charge in [-0.15, -0.1) is 0 Å². The molecule has 0 atom stereocenters. The molecule has 0 amide bonds. The van der Waals surface area contributed by atoms with Crippen molar-refractivity contribution in [1.29, 1.82) is 0 Å². The molecule has 1 heterocycles. The Hall–Kier alpha value is -3.90. The number of benzene rings is 3. The van der Waals surface area contributed by atoms with Gasteiger partial charge in [-0.1, -0.05) is 66.2 Å². The van der Waals surface area contributed by atoms with Crippen LogP contribution in [0.25, 0.3) is 11.3 Å². The number of aromatic amines is 1. The first-order valence-electron chi connectivity index (χ1n) is 9.59. The Morgan fingerprint density at radius 2 is 1.81 bits per heavy atom. The molecule has 1 aromatic heterocycles. The second-order valence-electron chi connectivity index (χ2n) is 6.70. The van der Waals surface area contributed by atoms with Crippen molar-refractivity contribution < 1.29 is 4.74 Å². The number of nitrogens with zero attached hydrogens (tertiary/aromatic N) is 2. The van der Waals surface area contributed by atoms with Gasteiger partial charge in [0.25, 0.3) is 5.56 Å². The van der Waals surface area contributed by atoms with Gasteiger partial charge in [-0.2, -0.15) is 5.10 Å². The maximum absolute atomic E-state index is 12.0. The molecule has 7 heteroatoms. The number of ether oxygens (including phenoxy) is 1. The van der Waals surface area contributed by atoms with Crippen LogP contribution in [-0.2, 0) is 6.61 Å². The molecule has 4 rings (SSSR count). The monoisotopic (exact) mass is 430 g/mol. The number of halogens is 1. The zero-order valence-corrected chi connectivity index (χ0v) is 17.2. The molecule has 0 aliphatic rings. The van der Waals surface area contributed by atoms with E-state index in [-0.39, 0.29) is 11.5 Å². The summed E-state index contributed by atoms with van der Waals surface area (Å²) in [4.78, 5) is 19.0. The molecule has 3 aromatic carbocycles. The minimum Gasteiger partial charge on any atom is -0.489 e. The summed E-state index contributed by atoms with van der Waals surface area (Å²) in [6, 6.07) is 26.0.